The Morgan fingerprint density at radius 3 is 2.58 bits per heavy atom. The van der Waals surface area contributed by atoms with Crippen LogP contribution < -0.4 is 10.4 Å². The molecule has 1 aliphatic heterocycles. The van der Waals surface area contributed by atoms with Crippen molar-refractivity contribution in [3.05, 3.63) is 39.8 Å². The number of halogens is 5. The standard InChI is InChI=1S/C23H28ClF4N3O5/c1-4-6-14-7-8-20(34-11-14)35-12-19-29-31(22(33)30(19)5-2)17-10-18(36-13(3)23(26,27)28)15(21(24)32)9-16(17)25/h9-10,13-14,20H,4-8,11-12H2,1-3H3/t13-,14?,20?/m0/s1. The second kappa shape index (κ2) is 11.7. The topological polar surface area (TPSA) is 84.6 Å². The number of nitrogens with zero attached hydrogens (tertiary/aromatic N) is 3. The Labute approximate surface area is 210 Å². The molecule has 0 radical (unpaired) electrons. The van der Waals surface area contributed by atoms with Gasteiger partial charge in [-0.1, -0.05) is 13.3 Å². The van der Waals surface area contributed by atoms with Gasteiger partial charge in [-0.05, 0) is 56.7 Å². The van der Waals surface area contributed by atoms with Gasteiger partial charge in [-0.15, -0.1) is 5.10 Å². The zero-order valence-corrected chi connectivity index (χ0v) is 20.9. The molecule has 1 fully saturated rings. The van der Waals surface area contributed by atoms with Gasteiger partial charge < -0.3 is 14.2 Å². The van der Waals surface area contributed by atoms with E-state index in [1.165, 1.54) is 4.57 Å². The predicted molar refractivity (Wildman–Crippen MR) is 122 cm³/mol. The Kier molecular flexibility index (Phi) is 9.18. The monoisotopic (exact) mass is 537 g/mol. The van der Waals surface area contributed by atoms with E-state index in [-0.39, 0.29) is 19.0 Å². The number of hydrogen-bond acceptors (Lipinski definition) is 6. The number of aromatic nitrogens is 3. The van der Waals surface area contributed by atoms with Crippen molar-refractivity contribution in [3.63, 3.8) is 0 Å². The van der Waals surface area contributed by atoms with Crippen LogP contribution in [0.25, 0.3) is 5.69 Å². The van der Waals surface area contributed by atoms with Gasteiger partial charge in [0, 0.05) is 12.6 Å². The van der Waals surface area contributed by atoms with E-state index in [0.717, 1.165) is 32.3 Å². The summed E-state index contributed by atoms with van der Waals surface area (Å²) in [6, 6.07) is 1.41. The quantitative estimate of drug-likeness (QED) is 0.314. The number of ether oxygens (including phenoxy) is 3. The maximum absolute atomic E-state index is 14.9. The van der Waals surface area contributed by atoms with Crippen LogP contribution in [0.4, 0.5) is 17.6 Å². The van der Waals surface area contributed by atoms with Crippen molar-refractivity contribution in [2.24, 2.45) is 5.92 Å². The van der Waals surface area contributed by atoms with Crippen LogP contribution in [0, 0.1) is 11.7 Å². The van der Waals surface area contributed by atoms with E-state index >= 15 is 0 Å². The fraction of sp³-hybridized carbons (Fsp3) is 0.609. The summed E-state index contributed by atoms with van der Waals surface area (Å²) in [6.45, 7) is 5.15. The highest BCUT2D eigenvalue weighted by molar-refractivity contribution is 6.68. The first-order chi connectivity index (χ1) is 17.0. The first-order valence-corrected chi connectivity index (χ1v) is 12.0. The zero-order valence-electron chi connectivity index (χ0n) is 20.1. The highest BCUT2D eigenvalue weighted by Gasteiger charge is 2.39. The van der Waals surface area contributed by atoms with E-state index < -0.39 is 52.3 Å². The maximum atomic E-state index is 14.9. The molecule has 2 unspecified atom stereocenters. The van der Waals surface area contributed by atoms with Crippen molar-refractivity contribution >= 4 is 16.8 Å². The molecule has 2 heterocycles. The molecule has 1 aromatic carbocycles. The molecule has 0 spiro atoms. The molecule has 1 aliphatic rings. The Hall–Kier alpha value is -2.44. The normalized spacial score (nSPS) is 19.3. The van der Waals surface area contributed by atoms with E-state index in [9.17, 15) is 27.2 Å². The number of carbonyl (C=O) groups excluding carboxylic acids is 1. The molecular weight excluding hydrogens is 510 g/mol. The molecule has 36 heavy (non-hydrogen) atoms. The smallest absolute Gasteiger partial charge is 0.425 e. The van der Waals surface area contributed by atoms with Gasteiger partial charge in [-0.3, -0.25) is 9.36 Å². The average Bonchev–Trinajstić information content (AvgIpc) is 3.13. The van der Waals surface area contributed by atoms with Gasteiger partial charge in [-0.2, -0.15) is 17.9 Å². The first kappa shape index (κ1) is 28.1. The number of benzene rings is 1. The third-order valence-corrected chi connectivity index (χ3v) is 6.14. The summed E-state index contributed by atoms with van der Waals surface area (Å²) in [5.74, 6) is -1.09. The lowest BCUT2D eigenvalue weighted by atomic mass is 9.97. The highest BCUT2D eigenvalue weighted by Crippen LogP contribution is 2.31. The lowest BCUT2D eigenvalue weighted by Crippen LogP contribution is -2.31. The molecule has 2 aromatic rings. The first-order valence-electron chi connectivity index (χ1n) is 11.6. The zero-order chi connectivity index (χ0) is 26.6. The van der Waals surface area contributed by atoms with Crippen LogP contribution >= 0.6 is 11.6 Å². The van der Waals surface area contributed by atoms with Gasteiger partial charge in [0.05, 0.1) is 12.2 Å². The summed E-state index contributed by atoms with van der Waals surface area (Å²) in [4.78, 5) is 24.6. The highest BCUT2D eigenvalue weighted by atomic mass is 35.5. The largest absolute Gasteiger partial charge is 0.480 e. The average molecular weight is 538 g/mol. The molecule has 0 aliphatic carbocycles. The van der Waals surface area contributed by atoms with Gasteiger partial charge in [0.2, 0.25) is 0 Å². The minimum atomic E-state index is -4.76. The lowest BCUT2D eigenvalue weighted by molar-refractivity contribution is -0.189. The van der Waals surface area contributed by atoms with E-state index in [4.69, 9.17) is 25.8 Å². The van der Waals surface area contributed by atoms with E-state index in [0.29, 0.717) is 29.7 Å². The van der Waals surface area contributed by atoms with Crippen molar-refractivity contribution in [1.82, 2.24) is 14.3 Å². The van der Waals surface area contributed by atoms with Crippen LogP contribution in [0.2, 0.25) is 0 Å². The molecule has 0 saturated carbocycles. The van der Waals surface area contributed by atoms with Gasteiger partial charge in [0.1, 0.15) is 23.9 Å². The van der Waals surface area contributed by atoms with Crippen LogP contribution in [-0.2, 0) is 22.6 Å². The Morgan fingerprint density at radius 2 is 2.03 bits per heavy atom. The molecular formula is C23H28ClF4N3O5. The van der Waals surface area contributed by atoms with Crippen molar-refractivity contribution in [3.8, 4) is 11.4 Å². The van der Waals surface area contributed by atoms with Crippen LogP contribution in [0.5, 0.6) is 5.75 Å². The number of carbonyl (C=O) groups is 1. The van der Waals surface area contributed by atoms with Crippen molar-refractivity contribution in [2.45, 2.75) is 78.2 Å². The fourth-order valence-electron chi connectivity index (χ4n) is 3.95. The van der Waals surface area contributed by atoms with Crippen LogP contribution in [-0.4, -0.2) is 44.8 Å². The summed E-state index contributed by atoms with van der Waals surface area (Å²) < 4.78 is 72.3. The third-order valence-electron chi connectivity index (χ3n) is 5.93. The SMILES string of the molecule is CCCC1CCC(OCc2nn(-c3cc(O[C@@H](C)C(F)(F)F)c(C(=O)Cl)cc3F)c(=O)n2CC)OC1. The molecule has 200 valence electrons. The number of rotatable bonds is 10. The molecule has 3 atom stereocenters. The van der Waals surface area contributed by atoms with E-state index in [1.807, 2.05) is 0 Å². The fourth-order valence-corrected chi connectivity index (χ4v) is 4.10. The molecule has 0 amide bonds. The van der Waals surface area contributed by atoms with Crippen LogP contribution in [0.15, 0.2) is 16.9 Å². The Bertz CT molecular complexity index is 1130. The second-order valence-corrected chi connectivity index (χ2v) is 8.88. The third kappa shape index (κ3) is 6.46. The molecule has 13 heteroatoms. The number of hydrogen-bond donors (Lipinski definition) is 0. The lowest BCUT2D eigenvalue weighted by Gasteiger charge is -2.28. The maximum Gasteiger partial charge on any atom is 0.425 e. The minimum absolute atomic E-state index is 0.104. The Balaban J connectivity index is 1.88. The molecule has 1 saturated heterocycles. The van der Waals surface area contributed by atoms with Gasteiger partial charge in [0.25, 0.3) is 5.24 Å². The molecule has 0 bridgehead atoms. The molecule has 8 nitrogen and oxygen atoms in total. The Morgan fingerprint density at radius 1 is 1.31 bits per heavy atom. The predicted octanol–water partition coefficient (Wildman–Crippen LogP) is 4.97. The van der Waals surface area contributed by atoms with Crippen LogP contribution in [0.1, 0.15) is 62.6 Å². The van der Waals surface area contributed by atoms with Gasteiger partial charge >= 0.3 is 11.9 Å². The summed E-state index contributed by atoms with van der Waals surface area (Å²) in [5.41, 5.74) is -1.87. The van der Waals surface area contributed by atoms with Crippen molar-refractivity contribution in [2.75, 3.05) is 6.61 Å². The van der Waals surface area contributed by atoms with Crippen molar-refractivity contribution < 1.29 is 36.6 Å². The molecule has 1 aromatic heterocycles. The molecule has 3 rings (SSSR count). The van der Waals surface area contributed by atoms with Crippen LogP contribution in [0.3, 0.4) is 0 Å². The van der Waals surface area contributed by atoms with E-state index in [1.54, 1.807) is 6.92 Å². The summed E-state index contributed by atoms with van der Waals surface area (Å²) in [5, 5.41) is 2.91. The minimum Gasteiger partial charge on any atom is -0.480 e. The van der Waals surface area contributed by atoms with Gasteiger partial charge in [0.15, 0.2) is 18.2 Å². The van der Waals surface area contributed by atoms with Crippen molar-refractivity contribution in [1.29, 1.82) is 0 Å². The summed E-state index contributed by atoms with van der Waals surface area (Å²) >= 11 is 5.42. The van der Waals surface area contributed by atoms with E-state index in [2.05, 4.69) is 12.0 Å². The van der Waals surface area contributed by atoms with Gasteiger partial charge in [-0.25, -0.2) is 9.18 Å². The number of alkyl halides is 3. The summed E-state index contributed by atoms with van der Waals surface area (Å²) in [6.07, 6.45) is -3.79. The second-order valence-electron chi connectivity index (χ2n) is 8.54. The summed E-state index contributed by atoms with van der Waals surface area (Å²) in [7, 11) is 0. The molecule has 0 N–H and O–H groups in total.